The molecule has 9 rings (SSSR count). The summed E-state index contributed by atoms with van der Waals surface area (Å²) in [5.74, 6) is 3.06. The number of hydrogen-bond donors (Lipinski definition) is 0. The molecular weight excluding hydrogens is 499 g/mol. The molecule has 1 unspecified atom stereocenters. The minimum absolute atomic E-state index is 0.00244. The maximum Gasteiger partial charge on any atom is 0.234 e. The predicted molar refractivity (Wildman–Crippen MR) is 127 cm³/mol. The Balaban J connectivity index is 1.14. The largest absolute Gasteiger partial charge is 0.339 e. The monoisotopic (exact) mass is 528 g/mol. The Morgan fingerprint density at radius 1 is 1.15 bits per heavy atom. The molecule has 0 spiro atoms. The highest BCUT2D eigenvalue weighted by Gasteiger charge is 2.62. The molecule has 1 atom stereocenters. The van der Waals surface area contributed by atoms with Crippen LogP contribution in [-0.2, 0) is 10.2 Å². The van der Waals surface area contributed by atoms with E-state index in [9.17, 15) is 9.18 Å². The van der Waals surface area contributed by atoms with Crippen LogP contribution in [0.3, 0.4) is 0 Å². The Kier molecular flexibility index (Phi) is 4.63. The fourth-order valence-electron chi connectivity index (χ4n) is 7.37. The van der Waals surface area contributed by atoms with Gasteiger partial charge in [0.25, 0.3) is 0 Å². The summed E-state index contributed by atoms with van der Waals surface area (Å²) in [5, 5.41) is 4.28. The number of alkyl halides is 1. The highest BCUT2D eigenvalue weighted by molar-refractivity contribution is 9.10. The second kappa shape index (κ2) is 7.34. The normalized spacial score (nSPS) is 38.1. The minimum atomic E-state index is -0.834. The zero-order valence-corrected chi connectivity index (χ0v) is 20.9. The van der Waals surface area contributed by atoms with E-state index in [4.69, 9.17) is 9.51 Å². The van der Waals surface area contributed by atoms with Gasteiger partial charge >= 0.3 is 0 Å². The van der Waals surface area contributed by atoms with Gasteiger partial charge in [0.05, 0.1) is 5.41 Å². The highest BCUT2D eigenvalue weighted by atomic mass is 79.9. The van der Waals surface area contributed by atoms with Gasteiger partial charge in [-0.1, -0.05) is 21.1 Å². The molecule has 0 radical (unpaired) electrons. The number of hydrogen-bond acceptors (Lipinski definition) is 5. The molecule has 2 heterocycles. The SMILES string of the molecule is O=C(N(CC12CCC(c3nc(C4CC4)no3)(CC1)CC2)c1cc(Br)ccn1)C12CC(F)C(C1)C2. The van der Waals surface area contributed by atoms with Crippen molar-refractivity contribution in [3.05, 3.63) is 34.5 Å². The lowest BCUT2D eigenvalue weighted by atomic mass is 9.53. The van der Waals surface area contributed by atoms with Crippen molar-refractivity contribution in [2.75, 3.05) is 11.4 Å². The van der Waals surface area contributed by atoms with Crippen molar-refractivity contribution in [3.8, 4) is 0 Å². The van der Waals surface area contributed by atoms with Gasteiger partial charge in [-0.25, -0.2) is 9.37 Å². The first-order chi connectivity index (χ1) is 16.4. The van der Waals surface area contributed by atoms with Crippen molar-refractivity contribution in [1.82, 2.24) is 15.1 Å². The van der Waals surface area contributed by atoms with E-state index in [0.29, 0.717) is 37.5 Å². The highest BCUT2D eigenvalue weighted by Crippen LogP contribution is 2.62. The molecule has 7 fully saturated rings. The van der Waals surface area contributed by atoms with Gasteiger partial charge in [-0.3, -0.25) is 9.69 Å². The summed E-state index contributed by atoms with van der Waals surface area (Å²) in [4.78, 5) is 25.2. The summed E-state index contributed by atoms with van der Waals surface area (Å²) in [7, 11) is 0. The van der Waals surface area contributed by atoms with Crippen molar-refractivity contribution in [2.24, 2.45) is 16.7 Å². The molecule has 6 nitrogen and oxygen atoms in total. The van der Waals surface area contributed by atoms with E-state index < -0.39 is 11.6 Å². The Morgan fingerprint density at radius 2 is 1.88 bits per heavy atom. The molecule has 7 aliphatic rings. The average Bonchev–Trinajstić information content (AvgIpc) is 3.31. The lowest BCUT2D eigenvalue weighted by molar-refractivity contribution is -0.132. The lowest BCUT2D eigenvalue weighted by Gasteiger charge is -2.53. The number of aromatic nitrogens is 3. The maximum absolute atomic E-state index is 14.3. The number of halogens is 2. The number of pyridine rings is 1. The summed E-state index contributed by atoms with van der Waals surface area (Å²) in [6.07, 6.45) is 11.2. The first-order valence-electron chi connectivity index (χ1n) is 12.8. The van der Waals surface area contributed by atoms with E-state index in [1.807, 2.05) is 17.0 Å². The average molecular weight is 529 g/mol. The van der Waals surface area contributed by atoms with Gasteiger partial charge in [-0.15, -0.1) is 0 Å². The van der Waals surface area contributed by atoms with Gasteiger partial charge in [0.15, 0.2) is 5.82 Å². The molecule has 180 valence electrons. The predicted octanol–water partition coefficient (Wildman–Crippen LogP) is 5.87. The molecule has 1 amide bonds. The Bertz CT molecular complexity index is 1120. The van der Waals surface area contributed by atoms with E-state index >= 15 is 0 Å². The molecule has 4 bridgehead atoms. The van der Waals surface area contributed by atoms with Crippen LogP contribution in [0.4, 0.5) is 10.2 Å². The van der Waals surface area contributed by atoms with Gasteiger partial charge in [0.2, 0.25) is 11.8 Å². The van der Waals surface area contributed by atoms with Crippen LogP contribution >= 0.6 is 15.9 Å². The van der Waals surface area contributed by atoms with E-state index in [0.717, 1.165) is 54.7 Å². The van der Waals surface area contributed by atoms with E-state index in [-0.39, 0.29) is 22.7 Å². The number of anilines is 1. The molecule has 0 aromatic carbocycles. The van der Waals surface area contributed by atoms with Crippen LogP contribution in [0.15, 0.2) is 27.3 Å². The first kappa shape index (κ1) is 21.5. The van der Waals surface area contributed by atoms with Crippen molar-refractivity contribution in [3.63, 3.8) is 0 Å². The van der Waals surface area contributed by atoms with Crippen molar-refractivity contribution in [2.45, 2.75) is 88.1 Å². The minimum Gasteiger partial charge on any atom is -0.339 e. The lowest BCUT2D eigenvalue weighted by Crippen LogP contribution is -2.54. The first-order valence-corrected chi connectivity index (χ1v) is 13.6. The van der Waals surface area contributed by atoms with Crippen LogP contribution in [0.5, 0.6) is 0 Å². The number of nitrogens with zero attached hydrogens (tertiary/aromatic N) is 4. The number of carbonyl (C=O) groups excluding carboxylic acids is 1. The molecular formula is C26H30BrFN4O2. The third kappa shape index (κ3) is 3.23. The van der Waals surface area contributed by atoms with E-state index in [1.165, 1.54) is 12.8 Å². The number of rotatable bonds is 6. The van der Waals surface area contributed by atoms with Crippen LogP contribution in [0.2, 0.25) is 0 Å². The van der Waals surface area contributed by atoms with Crippen LogP contribution in [0.1, 0.15) is 88.3 Å². The Labute approximate surface area is 207 Å². The van der Waals surface area contributed by atoms with Gasteiger partial charge in [-0.05, 0) is 94.1 Å². The maximum atomic E-state index is 14.3. The van der Waals surface area contributed by atoms with Crippen molar-refractivity contribution >= 4 is 27.7 Å². The topological polar surface area (TPSA) is 72.1 Å². The van der Waals surface area contributed by atoms with Crippen LogP contribution in [0, 0.1) is 16.7 Å². The van der Waals surface area contributed by atoms with Crippen molar-refractivity contribution in [1.29, 1.82) is 0 Å². The van der Waals surface area contributed by atoms with Crippen LogP contribution < -0.4 is 4.90 Å². The fraction of sp³-hybridized carbons (Fsp3) is 0.692. The second-order valence-electron chi connectivity index (χ2n) is 11.9. The molecule has 0 N–H and O–H groups in total. The summed E-state index contributed by atoms with van der Waals surface area (Å²) >= 11 is 3.55. The summed E-state index contributed by atoms with van der Waals surface area (Å²) in [5.41, 5.74) is -0.466. The van der Waals surface area contributed by atoms with Crippen LogP contribution in [-0.4, -0.2) is 33.7 Å². The standard InChI is InChI=1S/C26H30BrFN4O2/c27-18-3-10-29-20(11-18)32(23(33)26-12-17(13-26)19(28)14-26)15-24-4-7-25(8-5-24,9-6-24)22-30-21(31-34-22)16-1-2-16/h3,10-11,16-17,19H,1-2,4-9,12-15H2. The van der Waals surface area contributed by atoms with Crippen LogP contribution in [0.25, 0.3) is 0 Å². The molecule has 0 saturated heterocycles. The number of carbonyl (C=O) groups is 1. The molecule has 2 aromatic heterocycles. The third-order valence-corrected chi connectivity index (χ3v) is 10.3. The summed E-state index contributed by atoms with van der Waals surface area (Å²) in [6, 6.07) is 3.81. The zero-order chi connectivity index (χ0) is 23.1. The molecule has 0 aliphatic heterocycles. The van der Waals surface area contributed by atoms with E-state index in [2.05, 4.69) is 26.1 Å². The smallest absolute Gasteiger partial charge is 0.234 e. The quantitative estimate of drug-likeness (QED) is 0.468. The number of amides is 1. The molecule has 34 heavy (non-hydrogen) atoms. The second-order valence-corrected chi connectivity index (χ2v) is 12.8. The van der Waals surface area contributed by atoms with Crippen molar-refractivity contribution < 1.29 is 13.7 Å². The van der Waals surface area contributed by atoms with Gasteiger partial charge < -0.3 is 4.52 Å². The summed E-state index contributed by atoms with van der Waals surface area (Å²) in [6.45, 7) is 0.659. The molecule has 2 aromatic rings. The van der Waals surface area contributed by atoms with Gasteiger partial charge in [0, 0.05) is 28.5 Å². The Morgan fingerprint density at radius 3 is 2.50 bits per heavy atom. The zero-order valence-electron chi connectivity index (χ0n) is 19.3. The van der Waals surface area contributed by atoms with Gasteiger partial charge in [0.1, 0.15) is 12.0 Å². The molecule has 7 saturated carbocycles. The molecule has 7 aliphatic carbocycles. The fourth-order valence-corrected chi connectivity index (χ4v) is 7.69. The summed E-state index contributed by atoms with van der Waals surface area (Å²) < 4.78 is 21.0. The third-order valence-electron chi connectivity index (χ3n) is 9.82. The molecule has 8 heteroatoms. The Hall–Kier alpha value is -1.83. The van der Waals surface area contributed by atoms with E-state index in [1.54, 1.807) is 6.20 Å². The number of fused-ring (bicyclic) bond motifs is 4. The van der Waals surface area contributed by atoms with Gasteiger partial charge in [-0.2, -0.15) is 4.98 Å².